The number of methoxy groups -OCH3 is 1. The van der Waals surface area contributed by atoms with Crippen molar-refractivity contribution in [1.82, 2.24) is 14.6 Å². The molecule has 0 aliphatic carbocycles. The van der Waals surface area contributed by atoms with E-state index in [0.29, 0.717) is 40.7 Å². The Bertz CT molecular complexity index is 2700. The number of hydrogen-bond acceptors (Lipinski definition) is 8. The van der Waals surface area contributed by atoms with Crippen LogP contribution >= 0.6 is 0 Å². The molecule has 1 atom stereocenters. The van der Waals surface area contributed by atoms with Gasteiger partial charge in [-0.1, -0.05) is 112 Å². The molecule has 5 aromatic carbocycles. The SMILES string of the molecule is COc1cc(S(C)(=O)=O)ccc1Nc1nc2ccc(-c3ccc(NC(=O)C(CC=CO[Si](c4ccccc4)(c4ccccc4)C(C)(C)C)c4ccc(F)cc4)cc3)cn2n1. The lowest BCUT2D eigenvalue weighted by Crippen LogP contribution is -2.65. The van der Waals surface area contributed by atoms with E-state index in [1.165, 1.54) is 31.4 Å². The zero-order chi connectivity index (χ0) is 42.5. The van der Waals surface area contributed by atoms with Crippen LogP contribution in [0.5, 0.6) is 5.75 Å². The molecule has 60 heavy (non-hydrogen) atoms. The van der Waals surface area contributed by atoms with Gasteiger partial charge in [0.1, 0.15) is 11.6 Å². The van der Waals surface area contributed by atoms with Crippen LogP contribution in [0.15, 0.2) is 163 Å². The van der Waals surface area contributed by atoms with Crippen LogP contribution in [0.4, 0.5) is 21.7 Å². The van der Waals surface area contributed by atoms with Crippen LogP contribution in [0.3, 0.4) is 0 Å². The van der Waals surface area contributed by atoms with Crippen LogP contribution < -0.4 is 25.7 Å². The number of rotatable bonds is 14. The molecule has 10 nitrogen and oxygen atoms in total. The number of nitrogens with one attached hydrogen (secondary N) is 2. The first kappa shape index (κ1) is 41.6. The van der Waals surface area contributed by atoms with Gasteiger partial charge in [-0.3, -0.25) is 4.79 Å². The Morgan fingerprint density at radius 2 is 1.48 bits per heavy atom. The van der Waals surface area contributed by atoms with E-state index < -0.39 is 24.1 Å². The fourth-order valence-corrected chi connectivity index (χ4v) is 12.3. The molecule has 0 fully saturated rings. The number of allylic oxidation sites excluding steroid dienone is 1. The zero-order valence-corrected chi connectivity index (χ0v) is 35.8. The number of sulfone groups is 1. The van der Waals surface area contributed by atoms with E-state index in [9.17, 15) is 17.6 Å². The number of nitrogens with zero attached hydrogens (tertiary/aromatic N) is 3. The minimum absolute atomic E-state index is 0.140. The van der Waals surface area contributed by atoms with Crippen molar-refractivity contribution in [1.29, 1.82) is 0 Å². The summed E-state index contributed by atoms with van der Waals surface area (Å²) in [7, 11) is -4.79. The van der Waals surface area contributed by atoms with Gasteiger partial charge in [-0.15, -0.1) is 5.10 Å². The molecule has 2 aromatic heterocycles. The van der Waals surface area contributed by atoms with Gasteiger partial charge in [0.2, 0.25) is 11.9 Å². The predicted octanol–water partition coefficient (Wildman–Crippen LogP) is 8.89. The summed E-state index contributed by atoms with van der Waals surface area (Å²) in [5, 5.41) is 12.8. The quantitative estimate of drug-likeness (QED) is 0.0823. The maximum absolute atomic E-state index is 14.0. The van der Waals surface area contributed by atoms with E-state index in [2.05, 4.69) is 65.8 Å². The fourth-order valence-electron chi connectivity index (χ4n) is 7.33. The third kappa shape index (κ3) is 9.02. The maximum atomic E-state index is 14.0. The normalized spacial score (nSPS) is 12.6. The Hall–Kier alpha value is -6.57. The van der Waals surface area contributed by atoms with Crippen molar-refractivity contribution in [2.75, 3.05) is 24.0 Å². The Morgan fingerprint density at radius 3 is 2.08 bits per heavy atom. The second kappa shape index (κ2) is 17.3. The Labute approximate surface area is 350 Å². The van der Waals surface area contributed by atoms with Crippen molar-refractivity contribution >= 4 is 57.4 Å². The Kier molecular flexibility index (Phi) is 12.0. The summed E-state index contributed by atoms with van der Waals surface area (Å²) in [4.78, 5) is 18.7. The van der Waals surface area contributed by atoms with Gasteiger partial charge in [-0.05, 0) is 81.5 Å². The van der Waals surface area contributed by atoms with Gasteiger partial charge in [0.15, 0.2) is 15.5 Å². The van der Waals surface area contributed by atoms with Crippen LogP contribution in [-0.4, -0.2) is 50.6 Å². The first-order valence-electron chi connectivity index (χ1n) is 19.4. The lowest BCUT2D eigenvalue weighted by atomic mass is 9.94. The molecule has 0 aliphatic rings. The van der Waals surface area contributed by atoms with Crippen LogP contribution in [-0.2, 0) is 19.1 Å². The molecule has 2 heterocycles. The van der Waals surface area contributed by atoms with Crippen LogP contribution in [0.2, 0.25) is 5.04 Å². The molecule has 0 saturated heterocycles. The molecular formula is C47H46FN5O5SSi. The monoisotopic (exact) mass is 839 g/mol. The predicted molar refractivity (Wildman–Crippen MR) is 238 cm³/mol. The number of anilines is 3. The van der Waals surface area contributed by atoms with Crippen molar-refractivity contribution in [2.24, 2.45) is 0 Å². The molecule has 0 bridgehead atoms. The van der Waals surface area contributed by atoms with Gasteiger partial charge in [0.25, 0.3) is 0 Å². The molecule has 2 N–H and O–H groups in total. The fraction of sp³-hybridized carbons (Fsp3) is 0.170. The van der Waals surface area contributed by atoms with Crippen molar-refractivity contribution < 1.29 is 26.8 Å². The molecule has 1 unspecified atom stereocenters. The van der Waals surface area contributed by atoms with Crippen LogP contribution in [0.1, 0.15) is 38.7 Å². The second-order valence-corrected chi connectivity index (χ2v) is 21.7. The Morgan fingerprint density at radius 1 is 0.850 bits per heavy atom. The number of aromatic nitrogens is 3. The number of carbonyl (C=O) groups excluding carboxylic acids is 1. The molecular weight excluding hydrogens is 794 g/mol. The van der Waals surface area contributed by atoms with E-state index in [0.717, 1.165) is 27.8 Å². The first-order valence-corrected chi connectivity index (χ1v) is 23.2. The maximum Gasteiger partial charge on any atom is 0.319 e. The van der Waals surface area contributed by atoms with Crippen molar-refractivity contribution in [3.05, 3.63) is 169 Å². The third-order valence-electron chi connectivity index (χ3n) is 10.4. The number of halogens is 1. The average molecular weight is 840 g/mol. The van der Waals surface area contributed by atoms with E-state index in [4.69, 9.17) is 9.16 Å². The van der Waals surface area contributed by atoms with Gasteiger partial charge in [-0.25, -0.2) is 17.3 Å². The summed E-state index contributed by atoms with van der Waals surface area (Å²) in [5.41, 5.74) is 4.14. The molecule has 0 spiro atoms. The van der Waals surface area contributed by atoms with Crippen molar-refractivity contribution in [3.63, 3.8) is 0 Å². The average Bonchev–Trinajstić information content (AvgIpc) is 3.64. The molecule has 306 valence electrons. The molecule has 13 heteroatoms. The van der Waals surface area contributed by atoms with E-state index >= 15 is 0 Å². The number of hydrogen-bond donors (Lipinski definition) is 2. The van der Waals surface area contributed by atoms with E-state index in [-0.39, 0.29) is 21.7 Å². The zero-order valence-electron chi connectivity index (χ0n) is 34.0. The number of fused-ring (bicyclic) bond motifs is 1. The summed E-state index contributed by atoms with van der Waals surface area (Å²) >= 11 is 0. The smallest absolute Gasteiger partial charge is 0.319 e. The number of benzene rings is 5. The molecule has 0 aliphatic heterocycles. The van der Waals surface area contributed by atoms with Gasteiger partial charge in [0.05, 0.1) is 29.9 Å². The van der Waals surface area contributed by atoms with Crippen molar-refractivity contribution in [2.45, 2.75) is 43.0 Å². The Balaban J connectivity index is 1.08. The number of pyridine rings is 1. The van der Waals surface area contributed by atoms with Crippen LogP contribution in [0, 0.1) is 5.82 Å². The second-order valence-electron chi connectivity index (χ2n) is 15.5. The van der Waals surface area contributed by atoms with Gasteiger partial charge in [0, 0.05) is 29.8 Å². The van der Waals surface area contributed by atoms with Gasteiger partial charge < -0.3 is 19.8 Å². The minimum atomic E-state index is -3.41. The number of ether oxygens (including phenoxy) is 1. The minimum Gasteiger partial charge on any atom is -0.540 e. The summed E-state index contributed by atoms with van der Waals surface area (Å²) in [6, 6.07) is 42.5. The molecule has 7 aromatic rings. The third-order valence-corrected chi connectivity index (χ3v) is 16.4. The number of carbonyl (C=O) groups is 1. The van der Waals surface area contributed by atoms with Gasteiger partial charge >= 0.3 is 8.32 Å². The molecule has 0 saturated carbocycles. The lowest BCUT2D eigenvalue weighted by Gasteiger charge is -2.42. The summed E-state index contributed by atoms with van der Waals surface area (Å²) < 4.78 is 52.1. The largest absolute Gasteiger partial charge is 0.540 e. The highest BCUT2D eigenvalue weighted by atomic mass is 32.2. The standard InChI is InChI=1S/C47H46FN5O5SSi/c1-47(2,3)60(39-13-8-6-9-14-39,40-15-10-7-11-16-40)58-30-12-17-41(34-18-23-36(48)24-19-34)45(54)49-37-25-20-33(21-26-37)35-22-29-44-51-46(52-53(44)32-35)50-42-28-27-38(59(5,55)56)31-43(42)57-4/h6-16,18-32,41H,17H2,1-5H3,(H,49,54)(H,50,52). The highest BCUT2D eigenvalue weighted by molar-refractivity contribution is 7.90. The summed E-state index contributed by atoms with van der Waals surface area (Å²) in [5.74, 6) is -0.603. The topological polar surface area (TPSA) is 124 Å². The molecule has 0 radical (unpaired) electrons. The van der Waals surface area contributed by atoms with E-state index in [1.54, 1.807) is 29.0 Å². The molecule has 1 amide bonds. The highest BCUT2D eigenvalue weighted by Crippen LogP contribution is 2.37. The van der Waals surface area contributed by atoms with Crippen LogP contribution in [0.25, 0.3) is 16.8 Å². The van der Waals surface area contributed by atoms with E-state index in [1.807, 2.05) is 85.1 Å². The lowest BCUT2D eigenvalue weighted by molar-refractivity contribution is -0.117. The summed E-state index contributed by atoms with van der Waals surface area (Å²) in [6.45, 7) is 6.62. The first-order chi connectivity index (χ1) is 28.7. The van der Waals surface area contributed by atoms with Gasteiger partial charge in [-0.2, -0.15) is 4.98 Å². The number of amides is 1. The van der Waals surface area contributed by atoms with Crippen molar-refractivity contribution in [3.8, 4) is 16.9 Å². The summed E-state index contributed by atoms with van der Waals surface area (Å²) in [6.07, 6.45) is 6.94. The molecule has 7 rings (SSSR count). The highest BCUT2D eigenvalue weighted by Gasteiger charge is 2.51.